The fourth-order valence-electron chi connectivity index (χ4n) is 1.88. The minimum absolute atomic E-state index is 0.173. The second-order valence-corrected chi connectivity index (χ2v) is 5.43. The second kappa shape index (κ2) is 8.92. The number of carbonyl (C=O) groups excluding carboxylic acids is 1. The highest BCUT2D eigenvalue weighted by molar-refractivity contribution is 5.82. The van der Waals surface area contributed by atoms with E-state index in [9.17, 15) is 9.59 Å². The molecule has 1 aromatic carbocycles. The summed E-state index contributed by atoms with van der Waals surface area (Å²) in [6.45, 7) is 6.36. The summed E-state index contributed by atoms with van der Waals surface area (Å²) in [6, 6.07) is 6.36. The Hall–Kier alpha value is -2.24. The minimum atomic E-state index is -1.03. The van der Waals surface area contributed by atoms with E-state index in [-0.39, 0.29) is 5.92 Å². The molecule has 1 aromatic rings. The van der Waals surface area contributed by atoms with Crippen molar-refractivity contribution in [1.29, 1.82) is 0 Å². The lowest BCUT2D eigenvalue weighted by molar-refractivity contribution is -0.140. The third-order valence-electron chi connectivity index (χ3n) is 3.18. The quantitative estimate of drug-likeness (QED) is 0.642. The van der Waals surface area contributed by atoms with E-state index < -0.39 is 18.0 Å². The van der Waals surface area contributed by atoms with Crippen LogP contribution in [0.4, 0.5) is 4.79 Å². The number of benzene rings is 1. The summed E-state index contributed by atoms with van der Waals surface area (Å²) in [7, 11) is 0. The molecule has 122 valence electrons. The molecule has 0 aliphatic rings. The number of nitrogens with one attached hydrogen (secondary N) is 2. The number of carboxylic acids is 1. The van der Waals surface area contributed by atoms with Crippen LogP contribution in [0.3, 0.4) is 0 Å². The Kier molecular flexibility index (Phi) is 7.22. The van der Waals surface area contributed by atoms with Crippen molar-refractivity contribution in [2.45, 2.75) is 33.2 Å². The number of aryl methyl sites for hydroxylation is 1. The predicted molar refractivity (Wildman–Crippen MR) is 84.1 cm³/mol. The molecule has 6 heteroatoms. The first-order chi connectivity index (χ1) is 10.4. The highest BCUT2D eigenvalue weighted by atomic mass is 16.5. The average molecular weight is 308 g/mol. The largest absolute Gasteiger partial charge is 0.493 e. The Morgan fingerprint density at radius 2 is 1.95 bits per heavy atom. The van der Waals surface area contributed by atoms with Crippen molar-refractivity contribution in [1.82, 2.24) is 10.6 Å². The van der Waals surface area contributed by atoms with Gasteiger partial charge in [0.25, 0.3) is 0 Å². The number of rotatable bonds is 8. The summed E-state index contributed by atoms with van der Waals surface area (Å²) < 4.78 is 5.61. The third kappa shape index (κ3) is 6.03. The maximum absolute atomic E-state index is 11.6. The van der Waals surface area contributed by atoms with E-state index in [1.165, 1.54) is 0 Å². The zero-order valence-electron chi connectivity index (χ0n) is 13.3. The molecule has 22 heavy (non-hydrogen) atoms. The lowest BCUT2D eigenvalue weighted by atomic mass is 10.1. The van der Waals surface area contributed by atoms with Crippen LogP contribution in [0.15, 0.2) is 24.3 Å². The molecule has 0 aliphatic heterocycles. The second-order valence-electron chi connectivity index (χ2n) is 5.43. The molecule has 0 fully saturated rings. The molecule has 6 nitrogen and oxygen atoms in total. The first-order valence-electron chi connectivity index (χ1n) is 7.37. The van der Waals surface area contributed by atoms with Crippen molar-refractivity contribution >= 4 is 12.0 Å². The van der Waals surface area contributed by atoms with Crippen LogP contribution in [-0.4, -0.2) is 36.3 Å². The van der Waals surface area contributed by atoms with E-state index >= 15 is 0 Å². The number of amides is 2. The molecule has 0 radical (unpaired) electrons. The van der Waals surface area contributed by atoms with Crippen molar-refractivity contribution < 1.29 is 19.4 Å². The summed E-state index contributed by atoms with van der Waals surface area (Å²) >= 11 is 0. The predicted octanol–water partition coefficient (Wildman–Crippen LogP) is 2.17. The van der Waals surface area contributed by atoms with E-state index in [2.05, 4.69) is 10.6 Å². The molecular weight excluding hydrogens is 284 g/mol. The Morgan fingerprint density at radius 1 is 1.27 bits per heavy atom. The summed E-state index contributed by atoms with van der Waals surface area (Å²) in [5.74, 6) is -0.377. The first-order valence-corrected chi connectivity index (χ1v) is 7.37. The van der Waals surface area contributed by atoms with E-state index in [0.29, 0.717) is 19.6 Å². The third-order valence-corrected chi connectivity index (χ3v) is 3.18. The van der Waals surface area contributed by atoms with Gasteiger partial charge >= 0.3 is 12.0 Å². The van der Waals surface area contributed by atoms with E-state index in [4.69, 9.17) is 9.84 Å². The number of para-hydroxylation sites is 1. The molecule has 2 amide bonds. The number of ether oxygens (including phenoxy) is 1. The Balaban J connectivity index is 2.23. The van der Waals surface area contributed by atoms with Crippen LogP contribution in [0.2, 0.25) is 0 Å². The molecule has 0 spiro atoms. The smallest absolute Gasteiger partial charge is 0.326 e. The standard InChI is InChI=1S/C16H24N2O4/c1-11(2)14(15(19)20)18-16(21)17-9-6-10-22-13-8-5-4-7-12(13)3/h4-5,7-8,11,14H,6,9-10H2,1-3H3,(H,19,20)(H2,17,18,21). The van der Waals surface area contributed by atoms with Gasteiger partial charge in [0.05, 0.1) is 6.61 Å². The van der Waals surface area contributed by atoms with Crippen LogP contribution in [0.1, 0.15) is 25.8 Å². The number of carboxylic acid groups (broad SMARTS) is 1. The molecular formula is C16H24N2O4. The Labute approximate surface area is 130 Å². The molecule has 1 unspecified atom stereocenters. The molecule has 1 atom stereocenters. The summed E-state index contributed by atoms with van der Waals surface area (Å²) in [6.07, 6.45) is 0.640. The van der Waals surface area contributed by atoms with Gasteiger partial charge in [-0.3, -0.25) is 0 Å². The van der Waals surface area contributed by atoms with Crippen LogP contribution in [0.5, 0.6) is 5.75 Å². The van der Waals surface area contributed by atoms with Gasteiger partial charge in [0.15, 0.2) is 0 Å². The normalized spacial score (nSPS) is 11.8. The zero-order valence-corrected chi connectivity index (χ0v) is 13.3. The van der Waals surface area contributed by atoms with Gasteiger partial charge in [-0.15, -0.1) is 0 Å². The minimum Gasteiger partial charge on any atom is -0.493 e. The molecule has 3 N–H and O–H groups in total. The van der Waals surface area contributed by atoms with Crippen molar-refractivity contribution in [2.75, 3.05) is 13.2 Å². The number of aliphatic carboxylic acids is 1. The van der Waals surface area contributed by atoms with Crippen molar-refractivity contribution in [3.63, 3.8) is 0 Å². The van der Waals surface area contributed by atoms with Gasteiger partial charge in [0.2, 0.25) is 0 Å². The fourth-order valence-corrected chi connectivity index (χ4v) is 1.88. The maximum Gasteiger partial charge on any atom is 0.326 e. The van der Waals surface area contributed by atoms with Gasteiger partial charge in [0, 0.05) is 6.54 Å². The van der Waals surface area contributed by atoms with Gasteiger partial charge in [-0.05, 0) is 30.9 Å². The number of carbonyl (C=O) groups is 2. The van der Waals surface area contributed by atoms with Crippen molar-refractivity contribution in [2.24, 2.45) is 5.92 Å². The summed E-state index contributed by atoms with van der Waals surface area (Å²) in [4.78, 5) is 22.6. The monoisotopic (exact) mass is 308 g/mol. The van der Waals surface area contributed by atoms with Crippen LogP contribution in [-0.2, 0) is 4.79 Å². The maximum atomic E-state index is 11.6. The van der Waals surface area contributed by atoms with Crippen LogP contribution >= 0.6 is 0 Å². The summed E-state index contributed by atoms with van der Waals surface area (Å²) in [5, 5.41) is 14.1. The van der Waals surface area contributed by atoms with Crippen molar-refractivity contribution in [3.8, 4) is 5.75 Å². The van der Waals surface area contributed by atoms with E-state index in [1.54, 1.807) is 13.8 Å². The highest BCUT2D eigenvalue weighted by Gasteiger charge is 2.22. The Bertz CT molecular complexity index is 503. The highest BCUT2D eigenvalue weighted by Crippen LogP contribution is 2.15. The Morgan fingerprint density at radius 3 is 2.55 bits per heavy atom. The molecule has 0 saturated carbocycles. The van der Waals surface area contributed by atoms with Gasteiger partial charge in [-0.2, -0.15) is 0 Å². The van der Waals surface area contributed by atoms with Gasteiger partial charge in [0.1, 0.15) is 11.8 Å². The molecule has 0 aliphatic carbocycles. The SMILES string of the molecule is Cc1ccccc1OCCCNC(=O)NC(C(=O)O)C(C)C. The topological polar surface area (TPSA) is 87.7 Å². The summed E-state index contributed by atoms with van der Waals surface area (Å²) in [5.41, 5.74) is 1.06. The number of urea groups is 1. The first kappa shape index (κ1) is 17.8. The van der Waals surface area contributed by atoms with Crippen molar-refractivity contribution in [3.05, 3.63) is 29.8 Å². The zero-order chi connectivity index (χ0) is 16.5. The molecule has 0 bridgehead atoms. The number of hydrogen-bond donors (Lipinski definition) is 3. The van der Waals surface area contributed by atoms with Crippen LogP contribution < -0.4 is 15.4 Å². The van der Waals surface area contributed by atoms with Crippen LogP contribution in [0, 0.1) is 12.8 Å². The van der Waals surface area contributed by atoms with Crippen LogP contribution in [0.25, 0.3) is 0 Å². The van der Waals surface area contributed by atoms with Gasteiger partial charge in [-0.1, -0.05) is 32.0 Å². The molecule has 0 saturated heterocycles. The van der Waals surface area contributed by atoms with E-state index in [0.717, 1.165) is 11.3 Å². The molecule has 0 aromatic heterocycles. The lowest BCUT2D eigenvalue weighted by Gasteiger charge is -2.18. The molecule has 0 heterocycles. The lowest BCUT2D eigenvalue weighted by Crippen LogP contribution is -2.48. The average Bonchev–Trinajstić information content (AvgIpc) is 2.45. The van der Waals surface area contributed by atoms with E-state index in [1.807, 2.05) is 31.2 Å². The fraction of sp³-hybridized carbons (Fsp3) is 0.500. The number of hydrogen-bond acceptors (Lipinski definition) is 3. The molecule has 1 rings (SSSR count). The van der Waals surface area contributed by atoms with Gasteiger partial charge < -0.3 is 20.5 Å². The van der Waals surface area contributed by atoms with Gasteiger partial charge in [-0.25, -0.2) is 9.59 Å².